The van der Waals surface area contributed by atoms with E-state index < -0.39 is 5.82 Å². The van der Waals surface area contributed by atoms with Gasteiger partial charge < -0.3 is 20.2 Å². The molecular formula is C14H15BFN5O4. The molecule has 0 atom stereocenters. The lowest BCUT2D eigenvalue weighted by molar-refractivity contribution is -0.128. The molecule has 130 valence electrons. The molecule has 2 rings (SSSR count). The van der Waals surface area contributed by atoms with Crippen molar-refractivity contribution in [1.29, 1.82) is 0 Å². The Bertz CT molecular complexity index is 755. The van der Waals surface area contributed by atoms with Gasteiger partial charge in [-0.05, 0) is 41.5 Å². The lowest BCUT2D eigenvalue weighted by Crippen LogP contribution is -2.29. The van der Waals surface area contributed by atoms with Crippen LogP contribution in [0.4, 0.5) is 10.1 Å². The van der Waals surface area contributed by atoms with Crippen molar-refractivity contribution >= 4 is 31.3 Å². The minimum absolute atomic E-state index is 0.0436. The molecule has 0 spiro atoms. The fraction of sp³-hybridized carbons (Fsp3) is 0.286. The van der Waals surface area contributed by atoms with Crippen molar-refractivity contribution in [2.24, 2.45) is 10.9 Å². The number of halogens is 1. The Morgan fingerprint density at radius 1 is 1.52 bits per heavy atom. The molecule has 25 heavy (non-hydrogen) atoms. The van der Waals surface area contributed by atoms with Crippen LogP contribution in [0, 0.1) is 5.82 Å². The number of carbonyl (C=O) groups excluding carboxylic acids is 1. The number of hydrogen-bond donors (Lipinski definition) is 1. The summed E-state index contributed by atoms with van der Waals surface area (Å²) in [4.78, 5) is 16.4. The van der Waals surface area contributed by atoms with Crippen LogP contribution >= 0.6 is 0 Å². The summed E-state index contributed by atoms with van der Waals surface area (Å²) in [6.45, 7) is 0.854. The van der Waals surface area contributed by atoms with Gasteiger partial charge in [0.05, 0.1) is 6.61 Å². The molecule has 11 heteroatoms. The van der Waals surface area contributed by atoms with Crippen molar-refractivity contribution in [3.8, 4) is 5.88 Å². The predicted octanol–water partition coefficient (Wildman–Crippen LogP) is -0.299. The second-order valence-electron chi connectivity index (χ2n) is 4.79. The molecule has 0 unspecified atom stereocenters. The van der Waals surface area contributed by atoms with E-state index >= 15 is 0 Å². The maximum Gasteiger partial charge on any atom is 0.323 e. The zero-order chi connectivity index (χ0) is 18.2. The third-order valence-corrected chi connectivity index (χ3v) is 3.12. The molecule has 9 nitrogen and oxygen atoms in total. The van der Waals surface area contributed by atoms with Gasteiger partial charge in [0, 0.05) is 12.7 Å². The van der Waals surface area contributed by atoms with Gasteiger partial charge in [-0.15, -0.1) is 0 Å². The molecule has 0 aliphatic carbocycles. The first-order valence-corrected chi connectivity index (χ1v) is 7.20. The van der Waals surface area contributed by atoms with E-state index in [0.29, 0.717) is 18.7 Å². The van der Waals surface area contributed by atoms with Crippen LogP contribution in [0.15, 0.2) is 28.0 Å². The number of ether oxygens (including phenoxy) is 1. The summed E-state index contributed by atoms with van der Waals surface area (Å²) in [5.41, 5.74) is 5.90. The van der Waals surface area contributed by atoms with Gasteiger partial charge in [-0.1, -0.05) is 10.6 Å². The van der Waals surface area contributed by atoms with E-state index in [2.05, 4.69) is 24.9 Å². The van der Waals surface area contributed by atoms with E-state index in [1.54, 1.807) is 7.05 Å². The number of carbonyl (C=O) groups is 1. The van der Waals surface area contributed by atoms with E-state index in [4.69, 9.17) is 18.3 Å². The minimum Gasteiger partial charge on any atom is -0.474 e. The fourth-order valence-corrected chi connectivity index (χ4v) is 1.86. The second-order valence-corrected chi connectivity index (χ2v) is 4.79. The number of benzene rings is 1. The van der Waals surface area contributed by atoms with Gasteiger partial charge in [-0.25, -0.2) is 9.02 Å². The number of oxime groups is 1. The molecule has 1 aromatic heterocycles. The Labute approximate surface area is 143 Å². The molecule has 2 radical (unpaired) electrons. The van der Waals surface area contributed by atoms with Gasteiger partial charge in [0.1, 0.15) is 13.7 Å². The molecule has 0 aliphatic rings. The molecule has 0 fully saturated rings. The third-order valence-electron chi connectivity index (χ3n) is 3.12. The van der Waals surface area contributed by atoms with E-state index in [0.717, 1.165) is 0 Å². The number of anilines is 1. The number of rotatable bonds is 8. The van der Waals surface area contributed by atoms with Crippen LogP contribution < -0.4 is 20.8 Å². The Morgan fingerprint density at radius 2 is 2.32 bits per heavy atom. The molecule has 0 bridgehead atoms. The van der Waals surface area contributed by atoms with Gasteiger partial charge in [0.2, 0.25) is 11.5 Å². The second kappa shape index (κ2) is 8.78. The lowest BCUT2D eigenvalue weighted by atomic mass is 9.95. The van der Waals surface area contributed by atoms with Crippen molar-refractivity contribution in [2.75, 3.05) is 25.1 Å². The first kappa shape index (κ1) is 18.4. The summed E-state index contributed by atoms with van der Waals surface area (Å²) in [5, 5.41) is 11.0. The van der Waals surface area contributed by atoms with Crippen molar-refractivity contribution in [3.05, 3.63) is 29.7 Å². The molecular weight excluding hydrogens is 332 g/mol. The van der Waals surface area contributed by atoms with Gasteiger partial charge >= 0.3 is 6.47 Å². The molecule has 0 amide bonds. The highest BCUT2D eigenvalue weighted by Gasteiger charge is 2.24. The highest BCUT2D eigenvalue weighted by Crippen LogP contribution is 2.20. The standard InChI is InChI=1S/C14H15BFN5O4/c1-21(9-3-4-11(16)10(15)7-9)13(19-24-8-22)12-14(20-25-18-12)23-6-2-5-17/h3-4,7-8H,2,5-6,17H2,1H3/b19-13-. The number of amidine groups is 1. The van der Waals surface area contributed by atoms with Gasteiger partial charge in [0.25, 0.3) is 5.88 Å². The molecule has 1 aromatic carbocycles. The topological polar surface area (TPSA) is 116 Å². The quantitative estimate of drug-likeness (QED) is 0.132. The van der Waals surface area contributed by atoms with Crippen LogP contribution in [0.2, 0.25) is 0 Å². The van der Waals surface area contributed by atoms with E-state index in [1.807, 2.05) is 0 Å². The number of nitrogens with two attached hydrogens (primary N) is 1. The SMILES string of the molecule is [B]c1cc(N(C)/C(=N\OC=O)c2nonc2OCCCN)ccc1F. The first-order chi connectivity index (χ1) is 12.1. The average molecular weight is 347 g/mol. The zero-order valence-electron chi connectivity index (χ0n) is 13.4. The lowest BCUT2D eigenvalue weighted by Gasteiger charge is -2.19. The highest BCUT2D eigenvalue weighted by molar-refractivity contribution is 6.33. The molecule has 0 aliphatic heterocycles. The summed E-state index contributed by atoms with van der Waals surface area (Å²) < 4.78 is 23.5. The van der Waals surface area contributed by atoms with Crippen molar-refractivity contribution in [3.63, 3.8) is 0 Å². The summed E-state index contributed by atoms with van der Waals surface area (Å²) >= 11 is 0. The Balaban J connectivity index is 2.34. The minimum atomic E-state index is -0.561. The third kappa shape index (κ3) is 4.54. The van der Waals surface area contributed by atoms with Crippen LogP contribution in [0.1, 0.15) is 12.1 Å². The van der Waals surface area contributed by atoms with Crippen molar-refractivity contribution < 1.29 is 23.4 Å². The number of nitrogens with zero attached hydrogens (tertiary/aromatic N) is 4. The average Bonchev–Trinajstić information content (AvgIpc) is 3.06. The maximum atomic E-state index is 13.4. The van der Waals surface area contributed by atoms with Crippen LogP contribution in [0.25, 0.3) is 0 Å². The Kier molecular flexibility index (Phi) is 6.46. The summed E-state index contributed by atoms with van der Waals surface area (Å²) in [7, 11) is 7.16. The summed E-state index contributed by atoms with van der Waals surface area (Å²) in [5.74, 6) is -0.473. The maximum absolute atomic E-state index is 13.4. The largest absolute Gasteiger partial charge is 0.474 e. The van der Waals surface area contributed by atoms with Crippen LogP contribution in [0.3, 0.4) is 0 Å². The summed E-state index contributed by atoms with van der Waals surface area (Å²) in [6, 6.07) is 4.04. The van der Waals surface area contributed by atoms with Crippen molar-refractivity contribution in [1.82, 2.24) is 10.3 Å². The predicted molar refractivity (Wildman–Crippen MR) is 87.3 cm³/mol. The van der Waals surface area contributed by atoms with Gasteiger partial charge in [-0.2, -0.15) is 0 Å². The number of aromatic nitrogens is 2. The monoisotopic (exact) mass is 347 g/mol. The summed E-state index contributed by atoms with van der Waals surface area (Å²) in [6.07, 6.45) is 0.591. The van der Waals surface area contributed by atoms with E-state index in [-0.39, 0.29) is 36.0 Å². The molecule has 0 saturated carbocycles. The first-order valence-electron chi connectivity index (χ1n) is 7.20. The molecule has 2 aromatic rings. The van der Waals surface area contributed by atoms with Gasteiger partial charge in [-0.3, -0.25) is 4.79 Å². The van der Waals surface area contributed by atoms with Crippen LogP contribution in [-0.4, -0.2) is 50.7 Å². The van der Waals surface area contributed by atoms with E-state index in [9.17, 15) is 9.18 Å². The zero-order valence-corrected chi connectivity index (χ0v) is 13.4. The van der Waals surface area contributed by atoms with Crippen LogP contribution in [-0.2, 0) is 9.63 Å². The fourth-order valence-electron chi connectivity index (χ4n) is 1.86. The highest BCUT2D eigenvalue weighted by atomic mass is 19.1. The smallest absolute Gasteiger partial charge is 0.323 e. The molecule has 0 saturated heterocycles. The normalized spacial score (nSPS) is 11.2. The molecule has 2 N–H and O–H groups in total. The van der Waals surface area contributed by atoms with Crippen LogP contribution in [0.5, 0.6) is 5.88 Å². The Morgan fingerprint density at radius 3 is 3.00 bits per heavy atom. The molecule has 1 heterocycles. The van der Waals surface area contributed by atoms with Gasteiger partial charge in [0.15, 0.2) is 0 Å². The Hall–Kier alpha value is -2.95. The number of hydrogen-bond acceptors (Lipinski definition) is 8. The van der Waals surface area contributed by atoms with E-state index in [1.165, 1.54) is 23.1 Å². The van der Waals surface area contributed by atoms with Crippen molar-refractivity contribution in [2.45, 2.75) is 6.42 Å².